The van der Waals surface area contributed by atoms with Crippen molar-refractivity contribution in [2.24, 2.45) is 0 Å². The van der Waals surface area contributed by atoms with Gasteiger partial charge in [0, 0.05) is 29.8 Å². The molecule has 6 heteroatoms. The second kappa shape index (κ2) is 8.34. The Kier molecular flexibility index (Phi) is 7.08. The van der Waals surface area contributed by atoms with Gasteiger partial charge in [-0.25, -0.2) is 0 Å². The zero-order valence-corrected chi connectivity index (χ0v) is 12.5. The SMILES string of the molecule is COCCCNC(=O)CNc1cc(Cl)ccc1Br. The van der Waals surface area contributed by atoms with E-state index in [0.29, 0.717) is 18.2 Å². The van der Waals surface area contributed by atoms with E-state index >= 15 is 0 Å². The Hall–Kier alpha value is -0.780. The third-order valence-corrected chi connectivity index (χ3v) is 3.14. The number of anilines is 1. The lowest BCUT2D eigenvalue weighted by Gasteiger charge is -2.09. The van der Waals surface area contributed by atoms with E-state index in [1.807, 2.05) is 6.07 Å². The van der Waals surface area contributed by atoms with Crippen LogP contribution < -0.4 is 10.6 Å². The van der Waals surface area contributed by atoms with E-state index in [1.54, 1.807) is 19.2 Å². The summed E-state index contributed by atoms with van der Waals surface area (Å²) in [5.41, 5.74) is 0.801. The van der Waals surface area contributed by atoms with Crippen LogP contribution >= 0.6 is 27.5 Å². The Morgan fingerprint density at radius 3 is 3.00 bits per heavy atom. The Morgan fingerprint density at radius 1 is 1.50 bits per heavy atom. The third kappa shape index (κ3) is 5.71. The molecule has 0 aliphatic heterocycles. The van der Waals surface area contributed by atoms with Crippen LogP contribution in [0.1, 0.15) is 6.42 Å². The summed E-state index contributed by atoms with van der Waals surface area (Å²) in [7, 11) is 1.64. The number of amides is 1. The van der Waals surface area contributed by atoms with Crippen molar-refractivity contribution < 1.29 is 9.53 Å². The Balaban J connectivity index is 2.31. The molecule has 0 bridgehead atoms. The highest BCUT2D eigenvalue weighted by molar-refractivity contribution is 9.10. The van der Waals surface area contributed by atoms with Crippen molar-refractivity contribution in [3.8, 4) is 0 Å². The molecule has 0 spiro atoms. The molecule has 100 valence electrons. The number of carbonyl (C=O) groups is 1. The summed E-state index contributed by atoms with van der Waals surface area (Å²) in [5.74, 6) is -0.0574. The summed E-state index contributed by atoms with van der Waals surface area (Å²) in [5, 5.41) is 6.44. The molecule has 0 radical (unpaired) electrons. The summed E-state index contributed by atoms with van der Waals surface area (Å²) in [4.78, 5) is 11.5. The lowest BCUT2D eigenvalue weighted by Crippen LogP contribution is -2.31. The minimum atomic E-state index is -0.0574. The van der Waals surface area contributed by atoms with E-state index < -0.39 is 0 Å². The maximum atomic E-state index is 11.5. The van der Waals surface area contributed by atoms with Crippen molar-refractivity contribution in [1.82, 2.24) is 5.32 Å². The summed E-state index contributed by atoms with van der Waals surface area (Å²) >= 11 is 9.26. The number of hydrogen-bond donors (Lipinski definition) is 2. The molecule has 0 saturated carbocycles. The van der Waals surface area contributed by atoms with Crippen molar-refractivity contribution in [2.75, 3.05) is 32.1 Å². The number of ether oxygens (including phenoxy) is 1. The van der Waals surface area contributed by atoms with Crippen LogP contribution in [0.2, 0.25) is 5.02 Å². The topological polar surface area (TPSA) is 50.4 Å². The van der Waals surface area contributed by atoms with Crippen molar-refractivity contribution in [2.45, 2.75) is 6.42 Å². The normalized spacial score (nSPS) is 10.2. The molecule has 1 aromatic rings. The first-order chi connectivity index (χ1) is 8.63. The number of nitrogens with one attached hydrogen (secondary N) is 2. The first-order valence-corrected chi connectivity index (χ1v) is 6.75. The molecule has 1 rings (SSSR count). The van der Waals surface area contributed by atoms with Gasteiger partial charge in [0.2, 0.25) is 5.91 Å². The second-order valence-electron chi connectivity index (χ2n) is 3.67. The molecule has 0 aliphatic carbocycles. The highest BCUT2D eigenvalue weighted by atomic mass is 79.9. The minimum absolute atomic E-state index is 0.0574. The van der Waals surface area contributed by atoms with Gasteiger partial charge in [-0.05, 0) is 40.5 Å². The fourth-order valence-electron chi connectivity index (χ4n) is 1.32. The maximum absolute atomic E-state index is 11.5. The number of benzene rings is 1. The van der Waals surface area contributed by atoms with E-state index in [-0.39, 0.29) is 12.5 Å². The van der Waals surface area contributed by atoms with Crippen molar-refractivity contribution in [3.05, 3.63) is 27.7 Å². The molecule has 0 heterocycles. The maximum Gasteiger partial charge on any atom is 0.239 e. The van der Waals surface area contributed by atoms with Crippen LogP contribution in [-0.2, 0) is 9.53 Å². The van der Waals surface area contributed by atoms with Crippen LogP contribution in [0.5, 0.6) is 0 Å². The number of carbonyl (C=O) groups excluding carboxylic acids is 1. The van der Waals surface area contributed by atoms with Gasteiger partial charge >= 0.3 is 0 Å². The van der Waals surface area contributed by atoms with Gasteiger partial charge in [-0.1, -0.05) is 11.6 Å². The second-order valence-corrected chi connectivity index (χ2v) is 4.96. The number of hydrogen-bond acceptors (Lipinski definition) is 3. The van der Waals surface area contributed by atoms with Gasteiger partial charge in [0.1, 0.15) is 0 Å². The third-order valence-electron chi connectivity index (χ3n) is 2.22. The monoisotopic (exact) mass is 334 g/mol. The van der Waals surface area contributed by atoms with Crippen LogP contribution in [0, 0.1) is 0 Å². The Morgan fingerprint density at radius 2 is 2.28 bits per heavy atom. The first kappa shape index (κ1) is 15.3. The molecule has 4 nitrogen and oxygen atoms in total. The van der Waals surface area contributed by atoms with Crippen LogP contribution in [0.4, 0.5) is 5.69 Å². The Bertz CT molecular complexity index is 402. The lowest BCUT2D eigenvalue weighted by molar-refractivity contribution is -0.119. The summed E-state index contributed by atoms with van der Waals surface area (Å²) < 4.78 is 5.77. The minimum Gasteiger partial charge on any atom is -0.385 e. The van der Waals surface area contributed by atoms with Gasteiger partial charge in [-0.3, -0.25) is 4.79 Å². The van der Waals surface area contributed by atoms with Crippen LogP contribution in [0.3, 0.4) is 0 Å². The average Bonchev–Trinajstić information content (AvgIpc) is 2.36. The zero-order valence-electron chi connectivity index (χ0n) is 10.1. The molecule has 2 N–H and O–H groups in total. The van der Waals surface area contributed by atoms with Gasteiger partial charge in [0.25, 0.3) is 0 Å². The smallest absolute Gasteiger partial charge is 0.239 e. The predicted molar refractivity (Wildman–Crippen MR) is 77.1 cm³/mol. The zero-order chi connectivity index (χ0) is 13.4. The van der Waals surface area contributed by atoms with Crippen LogP contribution in [-0.4, -0.2) is 32.7 Å². The molecule has 0 atom stereocenters. The molecule has 0 unspecified atom stereocenters. The van der Waals surface area contributed by atoms with Crippen LogP contribution in [0.15, 0.2) is 22.7 Å². The molecule has 0 aliphatic rings. The van der Waals surface area contributed by atoms with Crippen molar-refractivity contribution in [1.29, 1.82) is 0 Å². The van der Waals surface area contributed by atoms with Crippen molar-refractivity contribution in [3.63, 3.8) is 0 Å². The molecular weight excluding hydrogens is 320 g/mol. The van der Waals surface area contributed by atoms with Gasteiger partial charge < -0.3 is 15.4 Å². The van der Waals surface area contributed by atoms with Gasteiger partial charge in [0.05, 0.1) is 12.2 Å². The van der Waals surface area contributed by atoms with E-state index in [2.05, 4.69) is 26.6 Å². The van der Waals surface area contributed by atoms with E-state index in [1.165, 1.54) is 0 Å². The molecule has 1 aromatic carbocycles. The molecular formula is C12H16BrClN2O2. The molecule has 18 heavy (non-hydrogen) atoms. The predicted octanol–water partition coefficient (Wildman–Crippen LogP) is 2.67. The Labute approximate surface area is 120 Å². The molecule has 1 amide bonds. The fourth-order valence-corrected chi connectivity index (χ4v) is 1.87. The molecule has 0 fully saturated rings. The lowest BCUT2D eigenvalue weighted by atomic mass is 10.3. The largest absolute Gasteiger partial charge is 0.385 e. The molecule has 0 aromatic heterocycles. The summed E-state index contributed by atoms with van der Waals surface area (Å²) in [6, 6.07) is 5.38. The summed E-state index contributed by atoms with van der Waals surface area (Å²) in [6.07, 6.45) is 0.809. The van der Waals surface area contributed by atoms with Crippen molar-refractivity contribution >= 4 is 39.1 Å². The van der Waals surface area contributed by atoms with Crippen LogP contribution in [0.25, 0.3) is 0 Å². The summed E-state index contributed by atoms with van der Waals surface area (Å²) in [6.45, 7) is 1.48. The highest BCUT2D eigenvalue weighted by Crippen LogP contribution is 2.25. The van der Waals surface area contributed by atoms with E-state index in [0.717, 1.165) is 16.6 Å². The average molecular weight is 336 g/mol. The molecule has 0 saturated heterocycles. The number of halogens is 2. The standard InChI is InChI=1S/C12H16BrClN2O2/c1-18-6-2-5-15-12(17)8-16-11-7-9(14)3-4-10(11)13/h3-4,7,16H,2,5-6,8H2,1H3,(H,15,17). The van der Waals surface area contributed by atoms with Gasteiger partial charge in [-0.2, -0.15) is 0 Å². The first-order valence-electron chi connectivity index (χ1n) is 5.58. The van der Waals surface area contributed by atoms with Gasteiger partial charge in [-0.15, -0.1) is 0 Å². The number of methoxy groups -OCH3 is 1. The fraction of sp³-hybridized carbons (Fsp3) is 0.417. The quantitative estimate of drug-likeness (QED) is 0.753. The highest BCUT2D eigenvalue weighted by Gasteiger charge is 2.03. The number of rotatable bonds is 7. The van der Waals surface area contributed by atoms with E-state index in [9.17, 15) is 4.79 Å². The van der Waals surface area contributed by atoms with Gasteiger partial charge in [0.15, 0.2) is 0 Å². The van der Waals surface area contributed by atoms with E-state index in [4.69, 9.17) is 16.3 Å².